The van der Waals surface area contributed by atoms with Crippen LogP contribution >= 0.6 is 11.3 Å². The maximum absolute atomic E-state index is 10.1. The van der Waals surface area contributed by atoms with Crippen LogP contribution in [0.5, 0.6) is 11.5 Å². The molecule has 2 aromatic carbocycles. The van der Waals surface area contributed by atoms with Gasteiger partial charge in [0.25, 0.3) is 0 Å². The molecule has 0 atom stereocenters. The number of fused-ring (bicyclic) bond motifs is 1. The minimum atomic E-state index is 0.171. The summed E-state index contributed by atoms with van der Waals surface area (Å²) in [5, 5.41) is 19.7. The molecule has 3 aromatic rings. The van der Waals surface area contributed by atoms with E-state index in [-0.39, 0.29) is 5.75 Å². The highest BCUT2D eigenvalue weighted by Gasteiger charge is 2.10. The Morgan fingerprint density at radius 3 is 2.55 bits per heavy atom. The van der Waals surface area contributed by atoms with Crippen LogP contribution in [0.1, 0.15) is 0 Å². The Labute approximate surface area is 120 Å². The summed E-state index contributed by atoms with van der Waals surface area (Å²) >= 11 is 1.41. The van der Waals surface area contributed by atoms with Crippen LogP contribution in [0.15, 0.2) is 58.8 Å². The van der Waals surface area contributed by atoms with E-state index in [9.17, 15) is 5.11 Å². The molecule has 0 aliphatic heterocycles. The summed E-state index contributed by atoms with van der Waals surface area (Å²) in [4.78, 5) is 0. The van der Waals surface area contributed by atoms with E-state index in [4.69, 9.17) is 4.74 Å². The summed E-state index contributed by atoms with van der Waals surface area (Å²) in [5.74, 6) is 0.820. The maximum atomic E-state index is 10.1. The molecule has 1 N–H and O–H groups in total. The quantitative estimate of drug-likeness (QED) is 0.686. The molecule has 5 heteroatoms. The number of ether oxygens (including phenoxy) is 1. The van der Waals surface area contributed by atoms with E-state index in [0.29, 0.717) is 16.4 Å². The molecule has 0 saturated carbocycles. The first-order valence-electron chi connectivity index (χ1n) is 6.05. The summed E-state index contributed by atoms with van der Waals surface area (Å²) in [6.07, 6.45) is 0. The first kappa shape index (κ1) is 12.6. The topological polar surface area (TPSA) is 54.2 Å². The second-order valence-corrected chi connectivity index (χ2v) is 5.15. The van der Waals surface area contributed by atoms with Gasteiger partial charge in [-0.05, 0) is 24.3 Å². The van der Waals surface area contributed by atoms with Crippen LogP contribution < -0.4 is 4.74 Å². The molecular weight excluding hydrogens is 272 g/mol. The molecule has 0 spiro atoms. The third-order valence-electron chi connectivity index (χ3n) is 2.89. The third-order valence-corrected chi connectivity index (χ3v) is 3.93. The normalized spacial score (nSPS) is 11.2. The lowest BCUT2D eigenvalue weighted by Gasteiger charge is -2.01. The van der Waals surface area contributed by atoms with Gasteiger partial charge >= 0.3 is 0 Å². The predicted molar refractivity (Wildman–Crippen MR) is 80.7 cm³/mol. The second-order valence-electron chi connectivity index (χ2n) is 4.12. The van der Waals surface area contributed by atoms with Gasteiger partial charge in [-0.1, -0.05) is 24.3 Å². The van der Waals surface area contributed by atoms with Gasteiger partial charge < -0.3 is 9.84 Å². The van der Waals surface area contributed by atoms with Crippen molar-refractivity contribution >= 4 is 32.1 Å². The zero-order valence-electron chi connectivity index (χ0n) is 10.8. The molecule has 0 unspecified atom stereocenters. The summed E-state index contributed by atoms with van der Waals surface area (Å²) in [5.41, 5.74) is 0.631. The molecule has 20 heavy (non-hydrogen) atoms. The Morgan fingerprint density at radius 2 is 1.75 bits per heavy atom. The summed E-state index contributed by atoms with van der Waals surface area (Å²) in [6, 6.07) is 15.0. The number of aromatic hydroxyl groups is 1. The van der Waals surface area contributed by atoms with Crippen LogP contribution in [0.4, 0.5) is 10.7 Å². The van der Waals surface area contributed by atoms with E-state index in [1.54, 1.807) is 7.11 Å². The average Bonchev–Trinajstić information content (AvgIpc) is 2.82. The first-order chi connectivity index (χ1) is 9.79. The van der Waals surface area contributed by atoms with Crippen LogP contribution in [0.25, 0.3) is 10.1 Å². The van der Waals surface area contributed by atoms with Gasteiger partial charge in [0.1, 0.15) is 11.4 Å². The van der Waals surface area contributed by atoms with E-state index in [1.165, 1.54) is 11.3 Å². The van der Waals surface area contributed by atoms with Gasteiger partial charge in [-0.25, -0.2) is 0 Å². The largest absolute Gasteiger partial charge is 0.504 e. The number of methoxy groups -OCH3 is 1. The van der Waals surface area contributed by atoms with E-state index in [0.717, 1.165) is 10.1 Å². The molecule has 100 valence electrons. The minimum Gasteiger partial charge on any atom is -0.504 e. The molecule has 0 amide bonds. The van der Waals surface area contributed by atoms with Crippen LogP contribution in [0, 0.1) is 0 Å². The fourth-order valence-corrected chi connectivity index (χ4v) is 2.82. The lowest BCUT2D eigenvalue weighted by atomic mass is 10.2. The molecule has 1 heterocycles. The van der Waals surface area contributed by atoms with Crippen molar-refractivity contribution in [3.05, 3.63) is 48.5 Å². The third kappa shape index (κ3) is 2.23. The Bertz CT molecular complexity index is 780. The smallest absolute Gasteiger partial charge is 0.181 e. The molecule has 0 aliphatic carbocycles. The Morgan fingerprint density at radius 1 is 1.00 bits per heavy atom. The van der Waals surface area contributed by atoms with Gasteiger partial charge in [0.15, 0.2) is 10.8 Å². The number of rotatable bonds is 3. The predicted octanol–water partition coefficient (Wildman–Crippen LogP) is 5.03. The minimum absolute atomic E-state index is 0.171. The molecular formula is C15H12N2O2S. The summed E-state index contributed by atoms with van der Waals surface area (Å²) in [7, 11) is 1.59. The van der Waals surface area contributed by atoms with E-state index < -0.39 is 0 Å². The zero-order chi connectivity index (χ0) is 13.9. The van der Waals surface area contributed by atoms with Crippen LogP contribution in [-0.2, 0) is 0 Å². The number of hydrogen-bond acceptors (Lipinski definition) is 5. The fourth-order valence-electron chi connectivity index (χ4n) is 1.90. The van der Waals surface area contributed by atoms with Crippen LogP contribution in [0.3, 0.4) is 0 Å². The van der Waals surface area contributed by atoms with Crippen molar-refractivity contribution in [3.63, 3.8) is 0 Å². The van der Waals surface area contributed by atoms with Crippen molar-refractivity contribution in [2.75, 3.05) is 7.11 Å². The highest BCUT2D eigenvalue weighted by molar-refractivity contribution is 7.23. The zero-order valence-corrected chi connectivity index (χ0v) is 11.6. The van der Waals surface area contributed by atoms with E-state index in [1.807, 2.05) is 48.5 Å². The van der Waals surface area contributed by atoms with Gasteiger partial charge in [-0.15, -0.1) is 21.6 Å². The van der Waals surface area contributed by atoms with Crippen LogP contribution in [0.2, 0.25) is 0 Å². The van der Waals surface area contributed by atoms with Crippen molar-refractivity contribution in [2.24, 2.45) is 10.2 Å². The molecule has 0 aliphatic rings. The summed E-state index contributed by atoms with van der Waals surface area (Å²) < 4.78 is 6.20. The second kappa shape index (κ2) is 5.30. The summed E-state index contributed by atoms with van der Waals surface area (Å²) in [6.45, 7) is 0. The van der Waals surface area contributed by atoms with Crippen molar-refractivity contribution in [1.29, 1.82) is 0 Å². The van der Waals surface area contributed by atoms with Gasteiger partial charge in [0.2, 0.25) is 0 Å². The molecule has 1 aromatic heterocycles. The standard InChI is InChI=1S/C15H12N2O2S/c1-19-12-8-4-3-7-11(12)16-17-15-14(18)10-6-2-5-9-13(10)20-15/h2-9,18H,1H3. The molecule has 0 saturated heterocycles. The van der Waals surface area contributed by atoms with Gasteiger partial charge in [-0.3, -0.25) is 0 Å². The van der Waals surface area contributed by atoms with Gasteiger partial charge in [0.05, 0.1) is 7.11 Å². The van der Waals surface area contributed by atoms with Crippen LogP contribution in [-0.4, -0.2) is 12.2 Å². The van der Waals surface area contributed by atoms with Crippen molar-refractivity contribution in [2.45, 2.75) is 0 Å². The monoisotopic (exact) mass is 284 g/mol. The maximum Gasteiger partial charge on any atom is 0.181 e. The Balaban J connectivity index is 2.00. The number of para-hydroxylation sites is 1. The molecule has 0 fully saturated rings. The van der Waals surface area contributed by atoms with E-state index in [2.05, 4.69) is 10.2 Å². The Kier molecular flexibility index (Phi) is 3.35. The molecule has 4 nitrogen and oxygen atoms in total. The van der Waals surface area contributed by atoms with Crippen molar-refractivity contribution in [3.8, 4) is 11.5 Å². The molecule has 3 rings (SSSR count). The number of azo groups is 1. The number of thiophene rings is 1. The lowest BCUT2D eigenvalue weighted by molar-refractivity contribution is 0.416. The highest BCUT2D eigenvalue weighted by Crippen LogP contribution is 2.44. The molecule has 0 radical (unpaired) electrons. The fraction of sp³-hybridized carbons (Fsp3) is 0.0667. The van der Waals surface area contributed by atoms with E-state index >= 15 is 0 Å². The lowest BCUT2D eigenvalue weighted by Crippen LogP contribution is -1.81. The van der Waals surface area contributed by atoms with Crippen molar-refractivity contribution < 1.29 is 9.84 Å². The molecule has 0 bridgehead atoms. The highest BCUT2D eigenvalue weighted by atomic mass is 32.1. The Hall–Kier alpha value is -2.40. The number of nitrogens with zero attached hydrogens (tertiary/aromatic N) is 2. The average molecular weight is 284 g/mol. The first-order valence-corrected chi connectivity index (χ1v) is 6.86. The van der Waals surface area contributed by atoms with Gasteiger partial charge in [-0.2, -0.15) is 0 Å². The number of hydrogen-bond donors (Lipinski definition) is 1. The number of benzene rings is 2. The van der Waals surface area contributed by atoms with Gasteiger partial charge in [0, 0.05) is 10.1 Å². The SMILES string of the molecule is COc1ccccc1N=Nc1sc2ccccc2c1O. The van der Waals surface area contributed by atoms with Crippen molar-refractivity contribution in [1.82, 2.24) is 0 Å².